The molecule has 0 N–H and O–H groups in total. The highest BCUT2D eigenvalue weighted by Gasteiger charge is 2.15. The van der Waals surface area contributed by atoms with Crippen molar-refractivity contribution >= 4 is 29.9 Å². The first-order chi connectivity index (χ1) is 12.4. The van der Waals surface area contributed by atoms with Gasteiger partial charge < -0.3 is 0 Å². The summed E-state index contributed by atoms with van der Waals surface area (Å²) in [6.45, 7) is 0. The molecule has 4 aromatic rings. The van der Waals surface area contributed by atoms with Crippen LogP contribution in [0, 0.1) is 0 Å². The summed E-state index contributed by atoms with van der Waals surface area (Å²) in [6, 6.07) is 39.0. The van der Waals surface area contributed by atoms with Gasteiger partial charge in [-0.25, -0.2) is 0 Å². The van der Waals surface area contributed by atoms with Crippen LogP contribution in [-0.2, 0) is 6.42 Å². The molecule has 0 aliphatic rings. The third kappa shape index (κ3) is 3.72. The standard InChI is InChI=1S/C24H22Si/c1-3-11-23(12-4-1)25(24-13-5-2-6-14-24)18-17-20-15-16-21-9-7-8-10-22(21)19-20/h1-16,19,25H,17-18H2. The van der Waals surface area contributed by atoms with E-state index in [0.29, 0.717) is 0 Å². The topological polar surface area (TPSA) is 0 Å². The molecule has 25 heavy (non-hydrogen) atoms. The van der Waals surface area contributed by atoms with E-state index in [1.807, 2.05) is 0 Å². The molecule has 4 aromatic carbocycles. The summed E-state index contributed by atoms with van der Waals surface area (Å²) in [5.41, 5.74) is 1.45. The monoisotopic (exact) mass is 338 g/mol. The number of benzene rings is 4. The van der Waals surface area contributed by atoms with Crippen molar-refractivity contribution in [2.24, 2.45) is 0 Å². The van der Waals surface area contributed by atoms with Crippen LogP contribution in [0.2, 0.25) is 6.04 Å². The molecule has 0 fully saturated rings. The summed E-state index contributed by atoms with van der Waals surface area (Å²) in [4.78, 5) is 0. The minimum Gasteiger partial charge on any atom is -0.0629 e. The van der Waals surface area contributed by atoms with Crippen LogP contribution in [0.15, 0.2) is 103 Å². The molecule has 122 valence electrons. The fourth-order valence-corrected chi connectivity index (χ4v) is 6.65. The van der Waals surface area contributed by atoms with Gasteiger partial charge >= 0.3 is 0 Å². The van der Waals surface area contributed by atoms with Crippen LogP contribution in [0.4, 0.5) is 0 Å². The van der Waals surface area contributed by atoms with Crippen LogP contribution in [-0.4, -0.2) is 8.80 Å². The molecule has 0 aliphatic heterocycles. The van der Waals surface area contributed by atoms with E-state index in [1.54, 1.807) is 0 Å². The fraction of sp³-hybridized carbons (Fsp3) is 0.0833. The Morgan fingerprint density at radius 2 is 1.08 bits per heavy atom. The van der Waals surface area contributed by atoms with Gasteiger partial charge in [-0.2, -0.15) is 0 Å². The molecule has 0 radical (unpaired) electrons. The molecular formula is C24H22Si. The van der Waals surface area contributed by atoms with Crippen LogP contribution >= 0.6 is 0 Å². The largest absolute Gasteiger partial charge is 0.103 e. The molecule has 0 amide bonds. The van der Waals surface area contributed by atoms with E-state index in [0.717, 1.165) is 6.42 Å². The Bertz CT molecular complexity index is 906. The van der Waals surface area contributed by atoms with Crippen molar-refractivity contribution in [3.05, 3.63) is 109 Å². The van der Waals surface area contributed by atoms with Crippen molar-refractivity contribution < 1.29 is 0 Å². The van der Waals surface area contributed by atoms with E-state index in [1.165, 1.54) is 32.8 Å². The summed E-state index contributed by atoms with van der Waals surface area (Å²) in [5.74, 6) is 0. The van der Waals surface area contributed by atoms with Crippen molar-refractivity contribution in [3.63, 3.8) is 0 Å². The second-order valence-electron chi connectivity index (χ2n) is 6.59. The highest BCUT2D eigenvalue weighted by Crippen LogP contribution is 2.17. The first-order valence-electron chi connectivity index (χ1n) is 8.98. The Morgan fingerprint density at radius 3 is 1.72 bits per heavy atom. The van der Waals surface area contributed by atoms with Gasteiger partial charge in [0.05, 0.1) is 0 Å². The van der Waals surface area contributed by atoms with E-state index in [4.69, 9.17) is 0 Å². The van der Waals surface area contributed by atoms with E-state index in [-0.39, 0.29) is 0 Å². The minimum absolute atomic E-state index is 1.14. The lowest BCUT2D eigenvalue weighted by Crippen LogP contribution is -2.42. The lowest BCUT2D eigenvalue weighted by molar-refractivity contribution is 1.12. The molecule has 0 unspecified atom stereocenters. The number of hydrogen-bond donors (Lipinski definition) is 0. The van der Waals surface area contributed by atoms with Crippen LogP contribution in [0.5, 0.6) is 0 Å². The van der Waals surface area contributed by atoms with E-state index in [9.17, 15) is 0 Å². The second-order valence-corrected chi connectivity index (χ2v) is 9.61. The maximum absolute atomic E-state index is 2.36. The van der Waals surface area contributed by atoms with Crippen LogP contribution in [0.3, 0.4) is 0 Å². The average Bonchev–Trinajstić information content (AvgIpc) is 2.70. The number of fused-ring (bicyclic) bond motifs is 1. The number of rotatable bonds is 5. The van der Waals surface area contributed by atoms with Gasteiger partial charge in [0.2, 0.25) is 0 Å². The van der Waals surface area contributed by atoms with E-state index >= 15 is 0 Å². The maximum atomic E-state index is 2.36. The van der Waals surface area contributed by atoms with Crippen LogP contribution in [0.1, 0.15) is 5.56 Å². The van der Waals surface area contributed by atoms with E-state index < -0.39 is 8.80 Å². The smallest absolute Gasteiger partial charge is 0.0629 e. The molecular weight excluding hydrogens is 316 g/mol. The number of aryl methyl sites for hydroxylation is 1. The van der Waals surface area contributed by atoms with Crippen molar-refractivity contribution in [1.29, 1.82) is 0 Å². The van der Waals surface area contributed by atoms with Crippen molar-refractivity contribution in [3.8, 4) is 0 Å². The van der Waals surface area contributed by atoms with Gasteiger partial charge in [-0.3, -0.25) is 0 Å². The summed E-state index contributed by atoms with van der Waals surface area (Å²) in [5, 5.41) is 5.74. The van der Waals surface area contributed by atoms with Crippen molar-refractivity contribution in [2.45, 2.75) is 12.5 Å². The van der Waals surface area contributed by atoms with Gasteiger partial charge in [-0.05, 0) is 28.8 Å². The molecule has 4 rings (SSSR count). The second kappa shape index (κ2) is 7.50. The third-order valence-corrected chi connectivity index (χ3v) is 8.18. The van der Waals surface area contributed by atoms with Crippen molar-refractivity contribution in [1.82, 2.24) is 0 Å². The Labute approximate surface area is 151 Å². The zero-order valence-electron chi connectivity index (χ0n) is 14.3. The molecule has 1 heteroatoms. The predicted molar refractivity (Wildman–Crippen MR) is 112 cm³/mol. The summed E-state index contributed by atoms with van der Waals surface area (Å²) >= 11 is 0. The lowest BCUT2D eigenvalue weighted by Gasteiger charge is -2.17. The summed E-state index contributed by atoms with van der Waals surface area (Å²) < 4.78 is 0. The zero-order chi connectivity index (χ0) is 16.9. The first kappa shape index (κ1) is 15.9. The van der Waals surface area contributed by atoms with Gasteiger partial charge in [0.1, 0.15) is 8.80 Å². The highest BCUT2D eigenvalue weighted by atomic mass is 28.3. The minimum atomic E-state index is -1.18. The van der Waals surface area contributed by atoms with Crippen LogP contribution in [0.25, 0.3) is 10.8 Å². The average molecular weight is 339 g/mol. The molecule has 0 aliphatic carbocycles. The highest BCUT2D eigenvalue weighted by molar-refractivity contribution is 6.85. The molecule has 0 saturated carbocycles. The SMILES string of the molecule is c1ccc([SiH](CCc2ccc3ccccc3c2)c2ccccc2)cc1. The molecule has 0 saturated heterocycles. The van der Waals surface area contributed by atoms with Gasteiger partial charge in [0, 0.05) is 0 Å². The Kier molecular flexibility index (Phi) is 4.76. The fourth-order valence-electron chi connectivity index (χ4n) is 3.60. The van der Waals surface area contributed by atoms with Crippen molar-refractivity contribution in [2.75, 3.05) is 0 Å². The Balaban J connectivity index is 1.60. The number of hydrogen-bond acceptors (Lipinski definition) is 0. The normalized spacial score (nSPS) is 11.1. The lowest BCUT2D eigenvalue weighted by atomic mass is 10.1. The van der Waals surface area contributed by atoms with Crippen LogP contribution < -0.4 is 10.4 Å². The predicted octanol–water partition coefficient (Wildman–Crippen LogP) is 4.42. The molecule has 0 atom stereocenters. The zero-order valence-corrected chi connectivity index (χ0v) is 15.5. The van der Waals surface area contributed by atoms with E-state index in [2.05, 4.69) is 103 Å². The molecule has 0 aromatic heterocycles. The van der Waals surface area contributed by atoms with Gasteiger partial charge in [0.15, 0.2) is 0 Å². The maximum Gasteiger partial charge on any atom is 0.103 e. The summed E-state index contributed by atoms with van der Waals surface area (Å²) in [6.07, 6.45) is 1.14. The van der Waals surface area contributed by atoms with Gasteiger partial charge in [0.25, 0.3) is 0 Å². The molecule has 0 nitrogen and oxygen atoms in total. The first-order valence-corrected chi connectivity index (χ1v) is 10.9. The third-order valence-electron chi connectivity index (χ3n) is 4.94. The molecule has 0 bridgehead atoms. The Hall–Kier alpha value is -2.64. The molecule has 0 heterocycles. The summed E-state index contributed by atoms with van der Waals surface area (Å²) in [7, 11) is -1.18. The quantitative estimate of drug-likeness (QED) is 0.472. The molecule has 0 spiro atoms. The Morgan fingerprint density at radius 1 is 0.520 bits per heavy atom. The van der Waals surface area contributed by atoms with Gasteiger partial charge in [-0.15, -0.1) is 0 Å². The van der Waals surface area contributed by atoms with Gasteiger partial charge in [-0.1, -0.05) is 114 Å².